The van der Waals surface area contributed by atoms with Gasteiger partial charge in [0, 0.05) is 38.9 Å². The first-order valence-corrected chi connectivity index (χ1v) is 7.89. The SMILES string of the molecule is CCCOc1ccccc1/C=C/C(=O)N(CCOC)CCOC. The average molecular weight is 321 g/mol. The molecule has 0 atom stereocenters. The van der Waals surface area contributed by atoms with Crippen molar-refractivity contribution in [3.8, 4) is 5.75 Å². The third-order valence-corrected chi connectivity index (χ3v) is 3.23. The van der Waals surface area contributed by atoms with E-state index in [4.69, 9.17) is 14.2 Å². The summed E-state index contributed by atoms with van der Waals surface area (Å²) < 4.78 is 15.8. The second-order valence-corrected chi connectivity index (χ2v) is 5.03. The van der Waals surface area contributed by atoms with E-state index in [9.17, 15) is 4.79 Å². The van der Waals surface area contributed by atoms with Crippen LogP contribution in [-0.4, -0.2) is 57.9 Å². The van der Waals surface area contributed by atoms with Gasteiger partial charge in [-0.3, -0.25) is 4.79 Å². The van der Waals surface area contributed by atoms with Crippen molar-refractivity contribution in [2.75, 3.05) is 47.1 Å². The van der Waals surface area contributed by atoms with Gasteiger partial charge in [-0.2, -0.15) is 0 Å². The minimum Gasteiger partial charge on any atom is -0.493 e. The molecular formula is C18H27NO4. The van der Waals surface area contributed by atoms with Gasteiger partial charge >= 0.3 is 0 Å². The van der Waals surface area contributed by atoms with Crippen LogP contribution in [0.3, 0.4) is 0 Å². The average Bonchev–Trinajstić information content (AvgIpc) is 2.58. The zero-order valence-electron chi connectivity index (χ0n) is 14.3. The van der Waals surface area contributed by atoms with Gasteiger partial charge in [0.1, 0.15) is 5.75 Å². The summed E-state index contributed by atoms with van der Waals surface area (Å²) in [7, 11) is 3.24. The lowest BCUT2D eigenvalue weighted by Crippen LogP contribution is -2.35. The predicted octanol–water partition coefficient (Wildman–Crippen LogP) is 2.61. The van der Waals surface area contributed by atoms with Crippen molar-refractivity contribution in [3.63, 3.8) is 0 Å². The van der Waals surface area contributed by atoms with E-state index >= 15 is 0 Å². The first kappa shape index (κ1) is 19.2. The molecule has 128 valence electrons. The van der Waals surface area contributed by atoms with Crippen molar-refractivity contribution in [1.29, 1.82) is 0 Å². The second kappa shape index (κ2) is 11.7. The van der Waals surface area contributed by atoms with E-state index in [2.05, 4.69) is 6.92 Å². The number of hydrogen-bond donors (Lipinski definition) is 0. The third kappa shape index (κ3) is 7.30. The minimum absolute atomic E-state index is 0.0654. The second-order valence-electron chi connectivity index (χ2n) is 5.03. The Morgan fingerprint density at radius 3 is 2.35 bits per heavy atom. The maximum absolute atomic E-state index is 12.3. The quantitative estimate of drug-likeness (QED) is 0.588. The van der Waals surface area contributed by atoms with E-state index in [0.29, 0.717) is 32.9 Å². The molecule has 1 amide bonds. The lowest BCUT2D eigenvalue weighted by molar-refractivity contribution is -0.127. The fraction of sp³-hybridized carbons (Fsp3) is 0.500. The minimum atomic E-state index is -0.0654. The van der Waals surface area contributed by atoms with Crippen LogP contribution in [-0.2, 0) is 14.3 Å². The summed E-state index contributed by atoms with van der Waals surface area (Å²) in [6, 6.07) is 7.70. The monoisotopic (exact) mass is 321 g/mol. The van der Waals surface area contributed by atoms with Gasteiger partial charge in [0.2, 0.25) is 5.91 Å². The molecule has 5 nitrogen and oxygen atoms in total. The number of methoxy groups -OCH3 is 2. The molecule has 1 aromatic carbocycles. The normalized spacial score (nSPS) is 10.9. The molecule has 23 heavy (non-hydrogen) atoms. The fourth-order valence-corrected chi connectivity index (χ4v) is 1.96. The van der Waals surface area contributed by atoms with Crippen molar-refractivity contribution in [1.82, 2.24) is 4.90 Å². The molecule has 5 heteroatoms. The Balaban J connectivity index is 2.74. The van der Waals surface area contributed by atoms with Gasteiger partial charge in [-0.05, 0) is 18.6 Å². The van der Waals surface area contributed by atoms with E-state index < -0.39 is 0 Å². The Morgan fingerprint density at radius 1 is 1.09 bits per heavy atom. The number of carbonyl (C=O) groups is 1. The maximum Gasteiger partial charge on any atom is 0.246 e. The number of carbonyl (C=O) groups excluding carboxylic acids is 1. The van der Waals surface area contributed by atoms with Gasteiger partial charge < -0.3 is 19.1 Å². The molecule has 0 heterocycles. The van der Waals surface area contributed by atoms with E-state index in [1.165, 1.54) is 0 Å². The molecule has 0 fully saturated rings. The summed E-state index contributed by atoms with van der Waals surface area (Å²) in [5.41, 5.74) is 0.896. The number of amides is 1. The number of hydrogen-bond acceptors (Lipinski definition) is 4. The Bertz CT molecular complexity index is 480. The Morgan fingerprint density at radius 2 is 1.74 bits per heavy atom. The van der Waals surface area contributed by atoms with E-state index in [1.54, 1.807) is 31.3 Å². The van der Waals surface area contributed by atoms with Crippen LogP contribution in [0.15, 0.2) is 30.3 Å². The van der Waals surface area contributed by atoms with E-state index in [1.807, 2.05) is 24.3 Å². The molecule has 1 rings (SSSR count). The molecule has 0 aliphatic rings. The molecule has 0 saturated heterocycles. The number of nitrogens with zero attached hydrogens (tertiary/aromatic N) is 1. The molecule has 0 unspecified atom stereocenters. The zero-order chi connectivity index (χ0) is 16.9. The van der Waals surface area contributed by atoms with Crippen molar-refractivity contribution in [3.05, 3.63) is 35.9 Å². The number of para-hydroxylation sites is 1. The summed E-state index contributed by atoms with van der Waals surface area (Å²) in [6.07, 6.45) is 4.30. The van der Waals surface area contributed by atoms with Crippen molar-refractivity contribution in [2.24, 2.45) is 0 Å². The van der Waals surface area contributed by atoms with Crippen LogP contribution in [0, 0.1) is 0 Å². The van der Waals surface area contributed by atoms with Crippen LogP contribution in [0.2, 0.25) is 0 Å². The molecule has 0 spiro atoms. The van der Waals surface area contributed by atoms with Crippen LogP contribution in [0.4, 0.5) is 0 Å². The highest BCUT2D eigenvalue weighted by Gasteiger charge is 2.10. The summed E-state index contributed by atoms with van der Waals surface area (Å²) >= 11 is 0. The number of rotatable bonds is 11. The maximum atomic E-state index is 12.3. The fourth-order valence-electron chi connectivity index (χ4n) is 1.96. The Kier molecular flexibility index (Phi) is 9.75. The lowest BCUT2D eigenvalue weighted by atomic mass is 10.2. The lowest BCUT2D eigenvalue weighted by Gasteiger charge is -2.20. The zero-order valence-corrected chi connectivity index (χ0v) is 14.3. The van der Waals surface area contributed by atoms with Crippen LogP contribution < -0.4 is 4.74 Å². The van der Waals surface area contributed by atoms with Gasteiger partial charge in [0.25, 0.3) is 0 Å². The van der Waals surface area contributed by atoms with Gasteiger partial charge in [-0.25, -0.2) is 0 Å². The first-order chi connectivity index (χ1) is 11.2. The number of ether oxygens (including phenoxy) is 3. The standard InChI is InChI=1S/C18H27NO4/c1-4-13-23-17-8-6-5-7-16(17)9-10-18(20)19(11-14-21-2)12-15-22-3/h5-10H,4,11-15H2,1-3H3/b10-9+. The smallest absolute Gasteiger partial charge is 0.246 e. The summed E-state index contributed by atoms with van der Waals surface area (Å²) in [6.45, 7) is 4.80. The molecule has 1 aromatic rings. The predicted molar refractivity (Wildman–Crippen MR) is 91.6 cm³/mol. The van der Waals surface area contributed by atoms with E-state index in [-0.39, 0.29) is 5.91 Å². The molecule has 0 bridgehead atoms. The molecule has 0 aliphatic heterocycles. The summed E-state index contributed by atoms with van der Waals surface area (Å²) in [4.78, 5) is 14.0. The highest BCUT2D eigenvalue weighted by Crippen LogP contribution is 2.19. The molecule has 0 saturated carbocycles. The van der Waals surface area contributed by atoms with Gasteiger partial charge in [0.05, 0.1) is 19.8 Å². The van der Waals surface area contributed by atoms with Crippen molar-refractivity contribution >= 4 is 12.0 Å². The topological polar surface area (TPSA) is 48.0 Å². The van der Waals surface area contributed by atoms with E-state index in [0.717, 1.165) is 17.7 Å². The highest BCUT2D eigenvalue weighted by atomic mass is 16.5. The van der Waals surface area contributed by atoms with Gasteiger partial charge in [-0.15, -0.1) is 0 Å². The molecule has 0 N–H and O–H groups in total. The van der Waals surface area contributed by atoms with Gasteiger partial charge in [0.15, 0.2) is 0 Å². The third-order valence-electron chi connectivity index (χ3n) is 3.23. The van der Waals surface area contributed by atoms with Crippen molar-refractivity contribution in [2.45, 2.75) is 13.3 Å². The number of benzene rings is 1. The first-order valence-electron chi connectivity index (χ1n) is 7.89. The summed E-state index contributed by atoms with van der Waals surface area (Å²) in [5, 5.41) is 0. The largest absolute Gasteiger partial charge is 0.493 e. The van der Waals surface area contributed by atoms with Crippen LogP contribution >= 0.6 is 0 Å². The van der Waals surface area contributed by atoms with Crippen LogP contribution in [0.5, 0.6) is 5.75 Å². The summed E-state index contributed by atoms with van der Waals surface area (Å²) in [5.74, 6) is 0.725. The highest BCUT2D eigenvalue weighted by molar-refractivity contribution is 5.92. The van der Waals surface area contributed by atoms with Crippen molar-refractivity contribution < 1.29 is 19.0 Å². The van der Waals surface area contributed by atoms with Crippen LogP contribution in [0.1, 0.15) is 18.9 Å². The molecular weight excluding hydrogens is 294 g/mol. The van der Waals surface area contributed by atoms with Crippen LogP contribution in [0.25, 0.3) is 6.08 Å². The molecule has 0 aliphatic carbocycles. The Hall–Kier alpha value is -1.85. The molecule has 0 aromatic heterocycles. The Labute approximate surface area is 138 Å². The molecule has 0 radical (unpaired) electrons. The van der Waals surface area contributed by atoms with Gasteiger partial charge in [-0.1, -0.05) is 25.1 Å².